The third kappa shape index (κ3) is 53.7. The van der Waals surface area contributed by atoms with Gasteiger partial charge in [-0.1, -0.05) is 216 Å². The van der Waals surface area contributed by atoms with Crippen molar-refractivity contribution in [2.75, 3.05) is 13.2 Å². The molecular formula is C61H106O6. The van der Waals surface area contributed by atoms with Crippen molar-refractivity contribution in [2.45, 2.75) is 284 Å². The van der Waals surface area contributed by atoms with Gasteiger partial charge in [0.05, 0.1) is 0 Å². The van der Waals surface area contributed by atoms with E-state index < -0.39 is 6.10 Å². The van der Waals surface area contributed by atoms with E-state index in [1.807, 2.05) is 0 Å². The molecule has 0 saturated carbocycles. The summed E-state index contributed by atoms with van der Waals surface area (Å²) in [6.07, 6.45) is 70.2. The number of allylic oxidation sites excluding steroid dienone is 12. The van der Waals surface area contributed by atoms with E-state index in [9.17, 15) is 14.4 Å². The molecule has 0 rings (SSSR count). The number of ether oxygens (including phenoxy) is 3. The van der Waals surface area contributed by atoms with E-state index >= 15 is 0 Å². The highest BCUT2D eigenvalue weighted by atomic mass is 16.6. The minimum Gasteiger partial charge on any atom is -0.462 e. The maximum absolute atomic E-state index is 12.8. The minimum atomic E-state index is -0.792. The van der Waals surface area contributed by atoms with Crippen molar-refractivity contribution in [1.29, 1.82) is 0 Å². The molecule has 6 nitrogen and oxygen atoms in total. The molecule has 0 radical (unpaired) electrons. The van der Waals surface area contributed by atoms with Gasteiger partial charge in [-0.3, -0.25) is 14.4 Å². The van der Waals surface area contributed by atoms with Crippen LogP contribution in [0.5, 0.6) is 0 Å². The van der Waals surface area contributed by atoms with Gasteiger partial charge in [0.25, 0.3) is 0 Å². The van der Waals surface area contributed by atoms with Crippen LogP contribution in [0, 0.1) is 0 Å². The van der Waals surface area contributed by atoms with Crippen LogP contribution < -0.4 is 0 Å². The average molecular weight is 936 g/mol. The fourth-order valence-electron chi connectivity index (χ4n) is 7.83. The first kappa shape index (κ1) is 63.8. The van der Waals surface area contributed by atoms with Gasteiger partial charge in [0, 0.05) is 19.3 Å². The van der Waals surface area contributed by atoms with Gasteiger partial charge in [-0.25, -0.2) is 0 Å². The third-order valence-electron chi connectivity index (χ3n) is 12.2. The number of unbranched alkanes of at least 4 members (excludes halogenated alkanes) is 28. The number of hydrogen-bond acceptors (Lipinski definition) is 6. The van der Waals surface area contributed by atoms with Crippen molar-refractivity contribution < 1.29 is 28.6 Å². The highest BCUT2D eigenvalue weighted by molar-refractivity contribution is 5.71. The van der Waals surface area contributed by atoms with Crippen LogP contribution in [0.15, 0.2) is 72.9 Å². The lowest BCUT2D eigenvalue weighted by atomic mass is 10.1. The lowest BCUT2D eigenvalue weighted by molar-refractivity contribution is -0.167. The van der Waals surface area contributed by atoms with Crippen LogP contribution >= 0.6 is 0 Å². The topological polar surface area (TPSA) is 78.9 Å². The molecule has 0 spiro atoms. The summed E-state index contributed by atoms with van der Waals surface area (Å²) in [5.74, 6) is -0.917. The Morgan fingerprint density at radius 2 is 0.537 bits per heavy atom. The zero-order valence-electron chi connectivity index (χ0n) is 44.2. The fourth-order valence-corrected chi connectivity index (χ4v) is 7.83. The molecule has 6 heteroatoms. The van der Waals surface area contributed by atoms with Crippen molar-refractivity contribution in [3.8, 4) is 0 Å². The van der Waals surface area contributed by atoms with Gasteiger partial charge in [-0.05, 0) is 116 Å². The number of carbonyl (C=O) groups is 3. The first-order valence-electron chi connectivity index (χ1n) is 28.4. The van der Waals surface area contributed by atoms with E-state index in [2.05, 4.69) is 93.7 Å². The Morgan fingerprint density at radius 1 is 0.299 bits per heavy atom. The molecule has 0 fully saturated rings. The summed E-state index contributed by atoms with van der Waals surface area (Å²) in [7, 11) is 0. The minimum absolute atomic E-state index is 0.0890. The molecule has 0 bridgehead atoms. The standard InChI is InChI=1S/C61H106O6/c1-4-7-10-13-16-19-22-25-27-29-30-32-33-36-39-42-45-48-51-54-60(63)66-57-58(56-65-59(62)53-50-47-44-41-38-35-24-21-18-15-12-9-6-3)67-61(64)55-52-49-46-43-40-37-34-31-28-26-23-20-17-14-11-8-5-2/h16-17,19-21,24-28,34,37,58H,4-15,18,22-23,29-33,35-36,38-57H2,1-3H3/b19-16+,20-17+,24-21+,27-25+,28-26+,37-34+/t58-/m1/s1. The molecule has 0 amide bonds. The Labute approximate surface area is 414 Å². The Kier molecular flexibility index (Phi) is 52.8. The van der Waals surface area contributed by atoms with Crippen LogP contribution in [0.2, 0.25) is 0 Å². The van der Waals surface area contributed by atoms with Crippen LogP contribution in [-0.4, -0.2) is 37.2 Å². The maximum atomic E-state index is 12.8. The first-order chi connectivity index (χ1) is 33.0. The molecule has 0 aromatic heterocycles. The molecule has 0 unspecified atom stereocenters. The van der Waals surface area contributed by atoms with Gasteiger partial charge < -0.3 is 14.2 Å². The molecule has 0 aliphatic heterocycles. The van der Waals surface area contributed by atoms with Gasteiger partial charge in [-0.15, -0.1) is 0 Å². The van der Waals surface area contributed by atoms with E-state index in [0.717, 1.165) is 96.3 Å². The van der Waals surface area contributed by atoms with Gasteiger partial charge in [0.2, 0.25) is 0 Å². The van der Waals surface area contributed by atoms with E-state index in [1.165, 1.54) is 141 Å². The second kappa shape index (κ2) is 55.4. The first-order valence-corrected chi connectivity index (χ1v) is 28.4. The molecule has 67 heavy (non-hydrogen) atoms. The third-order valence-corrected chi connectivity index (χ3v) is 12.2. The number of hydrogen-bond donors (Lipinski definition) is 0. The normalized spacial score (nSPS) is 12.6. The fraction of sp³-hybridized carbons (Fsp3) is 0.754. The average Bonchev–Trinajstić information content (AvgIpc) is 3.33. The van der Waals surface area contributed by atoms with Crippen LogP contribution in [0.25, 0.3) is 0 Å². The Bertz CT molecular complexity index is 1260. The smallest absolute Gasteiger partial charge is 0.306 e. The maximum Gasteiger partial charge on any atom is 0.306 e. The zero-order chi connectivity index (χ0) is 48.6. The van der Waals surface area contributed by atoms with Gasteiger partial charge >= 0.3 is 17.9 Å². The lowest BCUT2D eigenvalue weighted by Gasteiger charge is -2.18. The quantitative estimate of drug-likeness (QED) is 0.0262. The van der Waals surface area contributed by atoms with Crippen LogP contribution in [0.4, 0.5) is 0 Å². The molecule has 0 N–H and O–H groups in total. The Balaban J connectivity index is 4.41. The van der Waals surface area contributed by atoms with Crippen LogP contribution in [0.1, 0.15) is 278 Å². The van der Waals surface area contributed by atoms with Crippen molar-refractivity contribution in [2.24, 2.45) is 0 Å². The van der Waals surface area contributed by atoms with E-state index in [0.29, 0.717) is 19.3 Å². The zero-order valence-corrected chi connectivity index (χ0v) is 44.2. The van der Waals surface area contributed by atoms with Crippen LogP contribution in [-0.2, 0) is 28.6 Å². The van der Waals surface area contributed by atoms with E-state index in [-0.39, 0.29) is 31.1 Å². The Hall–Kier alpha value is -3.15. The summed E-state index contributed by atoms with van der Waals surface area (Å²) >= 11 is 0. The SMILES string of the molecule is CCCCC/C=C/C/C=C/C/C=C/CCCCCCC(=O)O[C@H](COC(=O)CCCCCCC/C=C/CCCCCC)COC(=O)CCCCCCCCCCC/C=C/C/C=C/CCCCC. The van der Waals surface area contributed by atoms with Crippen LogP contribution in [0.3, 0.4) is 0 Å². The highest BCUT2D eigenvalue weighted by Gasteiger charge is 2.19. The molecule has 0 aromatic carbocycles. The van der Waals surface area contributed by atoms with E-state index in [4.69, 9.17) is 14.2 Å². The number of esters is 3. The summed E-state index contributed by atoms with van der Waals surface area (Å²) in [5, 5.41) is 0. The van der Waals surface area contributed by atoms with Crippen molar-refractivity contribution >= 4 is 17.9 Å². The second-order valence-corrected chi connectivity index (χ2v) is 18.8. The second-order valence-electron chi connectivity index (χ2n) is 18.8. The van der Waals surface area contributed by atoms with Crippen molar-refractivity contribution in [3.05, 3.63) is 72.9 Å². The van der Waals surface area contributed by atoms with Gasteiger partial charge in [0.1, 0.15) is 13.2 Å². The summed E-state index contributed by atoms with van der Waals surface area (Å²) < 4.78 is 16.8. The monoisotopic (exact) mass is 935 g/mol. The predicted molar refractivity (Wildman–Crippen MR) is 288 cm³/mol. The molecule has 0 saturated heterocycles. The summed E-state index contributed by atoms with van der Waals surface area (Å²) in [5.41, 5.74) is 0. The largest absolute Gasteiger partial charge is 0.462 e. The summed E-state index contributed by atoms with van der Waals surface area (Å²) in [6, 6.07) is 0. The van der Waals surface area contributed by atoms with Crippen molar-refractivity contribution in [1.82, 2.24) is 0 Å². The molecule has 0 heterocycles. The molecule has 0 aromatic rings. The molecule has 1 atom stereocenters. The van der Waals surface area contributed by atoms with Gasteiger partial charge in [0.15, 0.2) is 6.10 Å². The molecule has 0 aliphatic carbocycles. The highest BCUT2D eigenvalue weighted by Crippen LogP contribution is 2.14. The van der Waals surface area contributed by atoms with Crippen molar-refractivity contribution in [3.63, 3.8) is 0 Å². The lowest BCUT2D eigenvalue weighted by Crippen LogP contribution is -2.30. The van der Waals surface area contributed by atoms with Gasteiger partial charge in [-0.2, -0.15) is 0 Å². The number of rotatable bonds is 51. The molecule has 386 valence electrons. The summed E-state index contributed by atoms with van der Waals surface area (Å²) in [4.78, 5) is 38.1. The van der Waals surface area contributed by atoms with E-state index in [1.54, 1.807) is 0 Å². The Morgan fingerprint density at radius 3 is 0.881 bits per heavy atom. The molecule has 0 aliphatic rings. The summed E-state index contributed by atoms with van der Waals surface area (Å²) in [6.45, 7) is 6.56. The number of carbonyl (C=O) groups excluding carboxylic acids is 3. The predicted octanol–water partition coefficient (Wildman–Crippen LogP) is 19.0. The molecular weight excluding hydrogens is 829 g/mol.